The van der Waals surface area contributed by atoms with E-state index in [1.807, 2.05) is 6.07 Å². The minimum atomic E-state index is 0.731. The Labute approximate surface area is 112 Å². The first-order valence-electron chi connectivity index (χ1n) is 6.31. The number of halogens is 1. The highest BCUT2D eigenvalue weighted by Gasteiger charge is 2.17. The summed E-state index contributed by atoms with van der Waals surface area (Å²) in [6, 6.07) is 8.32. The fourth-order valence-corrected chi connectivity index (χ4v) is 3.13. The van der Waals surface area contributed by atoms with E-state index in [0.29, 0.717) is 0 Å². The Kier molecular flexibility index (Phi) is 4.27. The van der Waals surface area contributed by atoms with Crippen LogP contribution in [0.15, 0.2) is 40.4 Å². The highest BCUT2D eigenvalue weighted by atomic mass is 79.9. The highest BCUT2D eigenvalue weighted by Crippen LogP contribution is 2.29. The van der Waals surface area contributed by atoms with Gasteiger partial charge in [-0.25, -0.2) is 0 Å². The van der Waals surface area contributed by atoms with Crippen molar-refractivity contribution < 1.29 is 0 Å². The minimum absolute atomic E-state index is 0.731. The van der Waals surface area contributed by atoms with Crippen LogP contribution in [0.1, 0.15) is 26.7 Å². The lowest BCUT2D eigenvalue weighted by atomic mass is 9.84. The average molecular weight is 294 g/mol. The van der Waals surface area contributed by atoms with Crippen LogP contribution in [-0.4, -0.2) is 6.54 Å². The third kappa shape index (κ3) is 3.60. The summed E-state index contributed by atoms with van der Waals surface area (Å²) in [6.07, 6.45) is 4.95. The van der Waals surface area contributed by atoms with Gasteiger partial charge in [-0.1, -0.05) is 30.7 Å². The van der Waals surface area contributed by atoms with Crippen LogP contribution in [0.3, 0.4) is 0 Å². The van der Waals surface area contributed by atoms with E-state index in [1.54, 1.807) is 5.57 Å². The predicted molar refractivity (Wildman–Crippen MR) is 78.3 cm³/mol. The van der Waals surface area contributed by atoms with E-state index in [4.69, 9.17) is 0 Å². The molecule has 0 aliphatic heterocycles. The quantitative estimate of drug-likeness (QED) is 0.785. The molecule has 1 aliphatic rings. The van der Waals surface area contributed by atoms with Gasteiger partial charge in [-0.2, -0.15) is 0 Å². The molecule has 1 aromatic rings. The minimum Gasteiger partial charge on any atom is -0.384 e. The molecule has 2 atom stereocenters. The number of rotatable bonds is 3. The van der Waals surface area contributed by atoms with Crippen LogP contribution >= 0.6 is 15.9 Å². The van der Waals surface area contributed by atoms with E-state index in [1.165, 1.54) is 18.5 Å². The fraction of sp³-hybridized carbons (Fsp3) is 0.467. The lowest BCUT2D eigenvalue weighted by Crippen LogP contribution is -2.20. The Hall–Kier alpha value is -0.760. The summed E-state index contributed by atoms with van der Waals surface area (Å²) in [7, 11) is 0. The van der Waals surface area contributed by atoms with Gasteiger partial charge in [0.25, 0.3) is 0 Å². The van der Waals surface area contributed by atoms with Crippen LogP contribution in [0.5, 0.6) is 0 Å². The van der Waals surface area contributed by atoms with Gasteiger partial charge in [-0.05, 0) is 59.7 Å². The Bertz CT molecular complexity index is 411. The molecular weight excluding hydrogens is 274 g/mol. The zero-order valence-electron chi connectivity index (χ0n) is 10.5. The monoisotopic (exact) mass is 293 g/mol. The molecule has 92 valence electrons. The Morgan fingerprint density at radius 3 is 2.82 bits per heavy atom. The van der Waals surface area contributed by atoms with Gasteiger partial charge >= 0.3 is 0 Å². The van der Waals surface area contributed by atoms with Crippen molar-refractivity contribution in [1.29, 1.82) is 0 Å². The molecule has 2 unspecified atom stereocenters. The molecule has 2 rings (SSSR count). The van der Waals surface area contributed by atoms with E-state index in [9.17, 15) is 0 Å². The van der Waals surface area contributed by atoms with Crippen LogP contribution in [0.25, 0.3) is 0 Å². The normalized spacial score (nSPS) is 24.3. The summed E-state index contributed by atoms with van der Waals surface area (Å²) in [4.78, 5) is 0. The van der Waals surface area contributed by atoms with E-state index < -0.39 is 0 Å². The van der Waals surface area contributed by atoms with Crippen molar-refractivity contribution in [2.45, 2.75) is 26.7 Å². The van der Waals surface area contributed by atoms with Gasteiger partial charge in [0.2, 0.25) is 0 Å². The van der Waals surface area contributed by atoms with E-state index in [2.05, 4.69) is 59.4 Å². The molecule has 0 heterocycles. The SMILES string of the molecule is CC1=CC(C)CC(CNc2ccccc2Br)C1. The molecule has 0 radical (unpaired) electrons. The number of hydrogen-bond acceptors (Lipinski definition) is 1. The molecule has 0 saturated heterocycles. The molecule has 1 aliphatic carbocycles. The van der Waals surface area contributed by atoms with Crippen LogP contribution in [-0.2, 0) is 0 Å². The standard InChI is InChI=1S/C15H20BrN/c1-11-7-12(2)9-13(8-11)10-17-15-6-4-3-5-14(15)16/h3-7,11,13,17H,8-10H2,1-2H3. The summed E-state index contributed by atoms with van der Waals surface area (Å²) in [6.45, 7) is 5.63. The molecule has 2 heteroatoms. The van der Waals surface area contributed by atoms with Crippen molar-refractivity contribution in [2.75, 3.05) is 11.9 Å². The van der Waals surface area contributed by atoms with E-state index in [-0.39, 0.29) is 0 Å². The molecule has 0 fully saturated rings. The maximum absolute atomic E-state index is 3.57. The van der Waals surface area contributed by atoms with Gasteiger partial charge in [-0.15, -0.1) is 0 Å². The zero-order chi connectivity index (χ0) is 12.3. The second-order valence-electron chi connectivity index (χ2n) is 5.16. The molecule has 1 N–H and O–H groups in total. The van der Waals surface area contributed by atoms with Crippen molar-refractivity contribution in [1.82, 2.24) is 0 Å². The Morgan fingerprint density at radius 1 is 1.35 bits per heavy atom. The van der Waals surface area contributed by atoms with Gasteiger partial charge in [0.1, 0.15) is 0 Å². The van der Waals surface area contributed by atoms with Crippen molar-refractivity contribution >= 4 is 21.6 Å². The first kappa shape index (κ1) is 12.7. The van der Waals surface area contributed by atoms with E-state index in [0.717, 1.165) is 22.9 Å². The molecule has 0 spiro atoms. The molecular formula is C15H20BrN. The number of anilines is 1. The molecule has 1 nitrogen and oxygen atoms in total. The smallest absolute Gasteiger partial charge is 0.0484 e. The third-order valence-corrected chi connectivity index (χ3v) is 4.03. The summed E-state index contributed by atoms with van der Waals surface area (Å²) in [5, 5.41) is 3.55. The fourth-order valence-electron chi connectivity index (χ4n) is 2.70. The maximum Gasteiger partial charge on any atom is 0.0484 e. The van der Waals surface area contributed by atoms with Crippen LogP contribution in [0.4, 0.5) is 5.69 Å². The Morgan fingerprint density at radius 2 is 2.12 bits per heavy atom. The molecule has 17 heavy (non-hydrogen) atoms. The summed E-state index contributed by atoms with van der Waals surface area (Å²) in [5.41, 5.74) is 2.75. The van der Waals surface area contributed by atoms with E-state index >= 15 is 0 Å². The predicted octanol–water partition coefficient (Wildman–Crippen LogP) is 4.85. The molecule has 0 saturated carbocycles. The highest BCUT2D eigenvalue weighted by molar-refractivity contribution is 9.10. The molecule has 1 aromatic carbocycles. The number of nitrogens with one attached hydrogen (secondary N) is 1. The van der Waals surface area contributed by atoms with Gasteiger partial charge in [0.05, 0.1) is 0 Å². The molecule has 0 amide bonds. The van der Waals surface area contributed by atoms with Crippen LogP contribution < -0.4 is 5.32 Å². The number of allylic oxidation sites excluding steroid dienone is 2. The van der Waals surface area contributed by atoms with Gasteiger partial charge < -0.3 is 5.32 Å². The number of benzene rings is 1. The first-order chi connectivity index (χ1) is 8.15. The lowest BCUT2D eigenvalue weighted by Gasteiger charge is -2.26. The third-order valence-electron chi connectivity index (χ3n) is 3.34. The number of para-hydroxylation sites is 1. The van der Waals surface area contributed by atoms with Gasteiger partial charge in [0, 0.05) is 16.7 Å². The van der Waals surface area contributed by atoms with Crippen molar-refractivity contribution in [3.05, 3.63) is 40.4 Å². The van der Waals surface area contributed by atoms with Crippen LogP contribution in [0.2, 0.25) is 0 Å². The molecule has 0 bridgehead atoms. The average Bonchev–Trinajstić information content (AvgIpc) is 2.27. The zero-order valence-corrected chi connectivity index (χ0v) is 12.1. The Balaban J connectivity index is 1.91. The second kappa shape index (κ2) is 5.72. The first-order valence-corrected chi connectivity index (χ1v) is 7.10. The maximum atomic E-state index is 3.57. The van der Waals surface area contributed by atoms with Gasteiger partial charge in [-0.3, -0.25) is 0 Å². The van der Waals surface area contributed by atoms with Crippen LogP contribution in [0, 0.1) is 11.8 Å². The lowest BCUT2D eigenvalue weighted by molar-refractivity contribution is 0.421. The molecule has 0 aromatic heterocycles. The second-order valence-corrected chi connectivity index (χ2v) is 6.01. The van der Waals surface area contributed by atoms with Gasteiger partial charge in [0.15, 0.2) is 0 Å². The largest absolute Gasteiger partial charge is 0.384 e. The summed E-state index contributed by atoms with van der Waals surface area (Å²) >= 11 is 3.57. The van der Waals surface area contributed by atoms with Crippen molar-refractivity contribution in [3.63, 3.8) is 0 Å². The summed E-state index contributed by atoms with van der Waals surface area (Å²) < 4.78 is 1.15. The van der Waals surface area contributed by atoms with Crippen molar-refractivity contribution in [2.24, 2.45) is 11.8 Å². The number of hydrogen-bond donors (Lipinski definition) is 1. The topological polar surface area (TPSA) is 12.0 Å². The summed E-state index contributed by atoms with van der Waals surface area (Å²) in [5.74, 6) is 1.50. The van der Waals surface area contributed by atoms with Crippen molar-refractivity contribution in [3.8, 4) is 0 Å².